The Hall–Kier alpha value is -2.03. The summed E-state index contributed by atoms with van der Waals surface area (Å²) in [6.45, 7) is 4.07. The van der Waals surface area contributed by atoms with Crippen molar-refractivity contribution in [1.82, 2.24) is 0 Å². The van der Waals surface area contributed by atoms with Crippen LogP contribution in [0.4, 0.5) is 5.69 Å². The lowest BCUT2D eigenvalue weighted by Crippen LogP contribution is -2.38. The van der Waals surface area contributed by atoms with E-state index in [1.807, 2.05) is 36.1 Å². The number of fused-ring (bicyclic) bond motifs is 1. The zero-order chi connectivity index (χ0) is 23.6. The first-order chi connectivity index (χ1) is 15.8. The molecule has 2 aliphatic rings. The Kier molecular flexibility index (Phi) is 7.36. The van der Waals surface area contributed by atoms with Crippen LogP contribution in [0.3, 0.4) is 0 Å². The van der Waals surface area contributed by atoms with Crippen molar-refractivity contribution in [3.8, 4) is 11.5 Å². The summed E-state index contributed by atoms with van der Waals surface area (Å²) < 4.78 is 31.0. The van der Waals surface area contributed by atoms with Gasteiger partial charge in [0, 0.05) is 16.7 Å². The summed E-state index contributed by atoms with van der Waals surface area (Å²) in [5.74, 6) is 1.07. The van der Waals surface area contributed by atoms with E-state index in [1.165, 1.54) is 11.8 Å². The van der Waals surface area contributed by atoms with E-state index in [-0.39, 0.29) is 28.7 Å². The van der Waals surface area contributed by atoms with Crippen molar-refractivity contribution < 1.29 is 17.9 Å². The highest BCUT2D eigenvalue weighted by molar-refractivity contribution is 8.16. The summed E-state index contributed by atoms with van der Waals surface area (Å²) in [7, 11) is -3.18. The molecule has 176 valence electrons. The second kappa shape index (κ2) is 10.1. The molecule has 6 nitrogen and oxygen atoms in total. The SMILES string of the molecule is CCCCCC(=O)N=C1S[C@H]2CS(=O)(=O)C[C@@H]2N1c1cc(Cl)ccc1Oc1cccc(C)c1. The Morgan fingerprint density at radius 1 is 1.21 bits per heavy atom. The van der Waals surface area contributed by atoms with Crippen LogP contribution in [0.2, 0.25) is 5.02 Å². The summed E-state index contributed by atoms with van der Waals surface area (Å²) in [6.07, 6.45) is 3.16. The summed E-state index contributed by atoms with van der Waals surface area (Å²) in [5.41, 5.74) is 1.67. The van der Waals surface area contributed by atoms with Gasteiger partial charge >= 0.3 is 0 Å². The van der Waals surface area contributed by atoms with Crippen molar-refractivity contribution in [3.63, 3.8) is 0 Å². The van der Waals surface area contributed by atoms with Gasteiger partial charge in [-0.1, -0.05) is 55.3 Å². The Balaban J connectivity index is 1.72. The number of hydrogen-bond acceptors (Lipinski definition) is 5. The molecule has 2 saturated heterocycles. The first kappa shape index (κ1) is 24.1. The van der Waals surface area contributed by atoms with Crippen LogP contribution >= 0.6 is 23.4 Å². The van der Waals surface area contributed by atoms with Gasteiger partial charge in [0.2, 0.25) is 5.91 Å². The van der Waals surface area contributed by atoms with Gasteiger partial charge < -0.3 is 9.64 Å². The molecule has 33 heavy (non-hydrogen) atoms. The lowest BCUT2D eigenvalue weighted by molar-refractivity contribution is -0.117. The third-order valence-corrected chi connectivity index (χ3v) is 9.12. The molecule has 4 rings (SSSR count). The highest BCUT2D eigenvalue weighted by Gasteiger charge is 2.50. The van der Waals surface area contributed by atoms with Crippen LogP contribution in [0.25, 0.3) is 0 Å². The maximum absolute atomic E-state index is 12.6. The van der Waals surface area contributed by atoms with Crippen molar-refractivity contribution in [2.45, 2.75) is 50.8 Å². The van der Waals surface area contributed by atoms with Gasteiger partial charge in [0.25, 0.3) is 0 Å². The van der Waals surface area contributed by atoms with E-state index < -0.39 is 9.84 Å². The number of benzene rings is 2. The van der Waals surface area contributed by atoms with E-state index >= 15 is 0 Å². The number of sulfone groups is 1. The quantitative estimate of drug-likeness (QED) is 0.453. The van der Waals surface area contributed by atoms with Gasteiger partial charge in [0.1, 0.15) is 5.75 Å². The number of aryl methyl sites for hydroxylation is 1. The first-order valence-electron chi connectivity index (χ1n) is 11.1. The summed E-state index contributed by atoms with van der Waals surface area (Å²) in [5, 5.41) is 0.810. The average molecular weight is 507 g/mol. The zero-order valence-corrected chi connectivity index (χ0v) is 21.0. The molecule has 2 aliphatic heterocycles. The number of halogens is 1. The molecule has 2 fully saturated rings. The monoisotopic (exact) mass is 506 g/mol. The molecule has 0 unspecified atom stereocenters. The van der Waals surface area contributed by atoms with Gasteiger partial charge in [-0.25, -0.2) is 8.42 Å². The number of carbonyl (C=O) groups is 1. The largest absolute Gasteiger partial charge is 0.455 e. The smallest absolute Gasteiger partial charge is 0.248 e. The van der Waals surface area contributed by atoms with E-state index in [9.17, 15) is 13.2 Å². The Morgan fingerprint density at radius 2 is 2.03 bits per heavy atom. The average Bonchev–Trinajstić information content (AvgIpc) is 3.20. The van der Waals surface area contributed by atoms with E-state index in [1.54, 1.807) is 18.2 Å². The number of thioether (sulfide) groups is 1. The maximum atomic E-state index is 12.6. The number of hydrogen-bond donors (Lipinski definition) is 0. The minimum Gasteiger partial charge on any atom is -0.455 e. The van der Waals surface area contributed by atoms with Crippen molar-refractivity contribution in [3.05, 3.63) is 53.1 Å². The molecule has 2 atom stereocenters. The molecule has 0 aromatic heterocycles. The second-order valence-corrected chi connectivity index (χ2v) is 12.2. The molecular weight excluding hydrogens is 480 g/mol. The Morgan fingerprint density at radius 3 is 2.79 bits per heavy atom. The van der Waals surface area contributed by atoms with Crippen molar-refractivity contribution >= 4 is 50.0 Å². The number of carbonyl (C=O) groups excluding carboxylic acids is 1. The lowest BCUT2D eigenvalue weighted by Gasteiger charge is -2.27. The molecular formula is C24H27ClN2O4S2. The standard InChI is InChI=1S/C24H27ClN2O4S2/c1-3-4-5-9-23(28)26-24-27(20-14-33(29,30)15-22(20)32-24)19-13-17(25)10-11-21(19)31-18-8-6-7-16(2)12-18/h6-8,10-13,20,22H,3-5,9,14-15H2,1-2H3/t20-,22-/m0/s1. The normalized spacial score (nSPS) is 22.5. The number of ether oxygens (including phenoxy) is 1. The number of rotatable bonds is 7. The molecule has 0 saturated carbocycles. The van der Waals surface area contributed by atoms with Gasteiger partial charge in [0.15, 0.2) is 20.8 Å². The van der Waals surface area contributed by atoms with E-state index in [2.05, 4.69) is 11.9 Å². The third kappa shape index (κ3) is 5.73. The molecule has 2 aromatic rings. The van der Waals surface area contributed by atoms with Crippen LogP contribution in [-0.2, 0) is 14.6 Å². The molecule has 0 radical (unpaired) electrons. The van der Waals surface area contributed by atoms with E-state index in [0.29, 0.717) is 33.8 Å². The van der Waals surface area contributed by atoms with E-state index in [0.717, 1.165) is 24.8 Å². The molecule has 1 amide bonds. The predicted molar refractivity (Wildman–Crippen MR) is 136 cm³/mol. The minimum absolute atomic E-state index is 0.00408. The van der Waals surface area contributed by atoms with Crippen LogP contribution in [0, 0.1) is 6.92 Å². The number of unbranched alkanes of at least 4 members (excludes halogenated alkanes) is 2. The maximum Gasteiger partial charge on any atom is 0.248 e. The topological polar surface area (TPSA) is 76.0 Å². The number of aliphatic imine (C=N–C) groups is 1. The fourth-order valence-corrected chi connectivity index (χ4v) is 8.20. The molecule has 2 heterocycles. The van der Waals surface area contributed by atoms with Crippen LogP contribution in [0.1, 0.15) is 38.2 Å². The number of anilines is 1. The molecule has 0 spiro atoms. The zero-order valence-electron chi connectivity index (χ0n) is 18.7. The van der Waals surface area contributed by atoms with Gasteiger partial charge in [0.05, 0.1) is 23.2 Å². The number of amidine groups is 1. The second-order valence-electron chi connectivity index (χ2n) is 8.45. The fraction of sp³-hybridized carbons (Fsp3) is 0.417. The molecule has 2 aromatic carbocycles. The Labute approximate surface area is 204 Å². The Bertz CT molecular complexity index is 1180. The van der Waals surface area contributed by atoms with Gasteiger partial charge in [-0.2, -0.15) is 4.99 Å². The minimum atomic E-state index is -3.18. The van der Waals surface area contributed by atoms with Gasteiger partial charge in [-0.05, 0) is 49.2 Å². The molecule has 0 aliphatic carbocycles. The van der Waals surface area contributed by atoms with Crippen LogP contribution in [0.15, 0.2) is 47.5 Å². The van der Waals surface area contributed by atoms with Crippen LogP contribution < -0.4 is 9.64 Å². The molecule has 9 heteroatoms. The molecule has 0 bridgehead atoms. The molecule has 0 N–H and O–H groups in total. The van der Waals surface area contributed by atoms with Crippen LogP contribution in [0.5, 0.6) is 11.5 Å². The van der Waals surface area contributed by atoms with Gasteiger partial charge in [-0.15, -0.1) is 0 Å². The summed E-state index contributed by atoms with van der Waals surface area (Å²) in [6, 6.07) is 12.6. The first-order valence-corrected chi connectivity index (χ1v) is 14.2. The highest BCUT2D eigenvalue weighted by Crippen LogP contribution is 2.45. The number of nitrogens with zero attached hydrogens (tertiary/aromatic N) is 2. The summed E-state index contributed by atoms with van der Waals surface area (Å²) >= 11 is 7.70. The lowest BCUT2D eigenvalue weighted by atomic mass is 10.2. The van der Waals surface area contributed by atoms with Crippen molar-refractivity contribution in [2.75, 3.05) is 16.4 Å². The summed E-state index contributed by atoms with van der Waals surface area (Å²) in [4.78, 5) is 18.8. The highest BCUT2D eigenvalue weighted by atomic mass is 35.5. The van der Waals surface area contributed by atoms with Crippen molar-refractivity contribution in [2.24, 2.45) is 4.99 Å². The third-order valence-electron chi connectivity index (χ3n) is 5.68. The van der Waals surface area contributed by atoms with Gasteiger partial charge in [-0.3, -0.25) is 4.79 Å². The predicted octanol–water partition coefficient (Wildman–Crippen LogP) is 5.62. The fourth-order valence-electron chi connectivity index (χ4n) is 4.11. The number of amides is 1. The van der Waals surface area contributed by atoms with Crippen molar-refractivity contribution in [1.29, 1.82) is 0 Å². The van der Waals surface area contributed by atoms with Crippen LogP contribution in [-0.4, -0.2) is 42.3 Å². The van der Waals surface area contributed by atoms with E-state index in [4.69, 9.17) is 16.3 Å².